The molecular formula is C14H23NS2. The van der Waals surface area contributed by atoms with Crippen LogP contribution in [0.4, 0.5) is 0 Å². The first-order valence-corrected chi connectivity index (χ1v) is 8.59. The number of hydrogen-bond donors (Lipinski definition) is 1. The maximum absolute atomic E-state index is 3.54. The molecule has 0 bridgehead atoms. The SMILES string of the molecule is Cc1ccc(CNCCSC2CCCCC2)s1. The van der Waals surface area contributed by atoms with Crippen LogP contribution in [-0.2, 0) is 6.54 Å². The van der Waals surface area contributed by atoms with Crippen molar-refractivity contribution in [3.63, 3.8) is 0 Å². The lowest BCUT2D eigenvalue weighted by Crippen LogP contribution is -2.18. The summed E-state index contributed by atoms with van der Waals surface area (Å²) in [4.78, 5) is 2.88. The minimum absolute atomic E-state index is 0.953. The van der Waals surface area contributed by atoms with Crippen LogP contribution in [0.5, 0.6) is 0 Å². The molecule has 0 atom stereocenters. The molecule has 1 saturated carbocycles. The highest BCUT2D eigenvalue weighted by Gasteiger charge is 2.12. The maximum atomic E-state index is 3.54. The third-order valence-corrected chi connectivity index (χ3v) is 5.66. The molecule has 0 unspecified atom stereocenters. The van der Waals surface area contributed by atoms with Gasteiger partial charge in [0.15, 0.2) is 0 Å². The van der Waals surface area contributed by atoms with Gasteiger partial charge in [0.05, 0.1) is 0 Å². The van der Waals surface area contributed by atoms with Crippen LogP contribution in [-0.4, -0.2) is 17.5 Å². The number of thiophene rings is 1. The topological polar surface area (TPSA) is 12.0 Å². The van der Waals surface area contributed by atoms with Crippen LogP contribution in [0.3, 0.4) is 0 Å². The van der Waals surface area contributed by atoms with Crippen molar-refractivity contribution in [2.75, 3.05) is 12.3 Å². The summed E-state index contributed by atoms with van der Waals surface area (Å²) < 4.78 is 0. The Balaban J connectivity index is 1.51. The highest BCUT2D eigenvalue weighted by Crippen LogP contribution is 2.27. The minimum atomic E-state index is 0.953. The summed E-state index contributed by atoms with van der Waals surface area (Å²) in [5, 5.41) is 4.50. The number of thioether (sulfide) groups is 1. The van der Waals surface area contributed by atoms with Gasteiger partial charge in [-0.25, -0.2) is 0 Å². The Kier molecular flexibility index (Phi) is 5.89. The summed E-state index contributed by atoms with van der Waals surface area (Å²) in [6.07, 6.45) is 7.29. The minimum Gasteiger partial charge on any atom is -0.311 e. The molecule has 1 fully saturated rings. The molecule has 2 rings (SSSR count). The molecule has 96 valence electrons. The molecule has 1 nitrogen and oxygen atoms in total. The normalized spacial score (nSPS) is 17.5. The highest BCUT2D eigenvalue weighted by molar-refractivity contribution is 7.99. The molecule has 3 heteroatoms. The zero-order valence-electron chi connectivity index (χ0n) is 10.7. The van der Waals surface area contributed by atoms with Gasteiger partial charge in [0.1, 0.15) is 0 Å². The lowest BCUT2D eigenvalue weighted by molar-refractivity contribution is 0.516. The first-order valence-electron chi connectivity index (χ1n) is 6.72. The van der Waals surface area contributed by atoms with E-state index in [1.165, 1.54) is 47.6 Å². The zero-order chi connectivity index (χ0) is 11.9. The molecule has 1 heterocycles. The van der Waals surface area contributed by atoms with Gasteiger partial charge in [-0.1, -0.05) is 19.3 Å². The Morgan fingerprint density at radius 2 is 2.12 bits per heavy atom. The van der Waals surface area contributed by atoms with Gasteiger partial charge in [-0.2, -0.15) is 11.8 Å². The Labute approximate surface area is 113 Å². The summed E-state index contributed by atoms with van der Waals surface area (Å²) in [6.45, 7) is 4.37. The van der Waals surface area contributed by atoms with Gasteiger partial charge in [0.25, 0.3) is 0 Å². The smallest absolute Gasteiger partial charge is 0.0300 e. The van der Waals surface area contributed by atoms with E-state index in [2.05, 4.69) is 36.1 Å². The van der Waals surface area contributed by atoms with Crippen molar-refractivity contribution >= 4 is 23.1 Å². The largest absolute Gasteiger partial charge is 0.311 e. The fraction of sp³-hybridized carbons (Fsp3) is 0.714. The molecule has 1 N–H and O–H groups in total. The molecule has 1 aliphatic rings. The molecular weight excluding hydrogens is 246 g/mol. The van der Waals surface area contributed by atoms with Crippen molar-refractivity contribution in [1.29, 1.82) is 0 Å². The van der Waals surface area contributed by atoms with E-state index >= 15 is 0 Å². The van der Waals surface area contributed by atoms with Gasteiger partial charge >= 0.3 is 0 Å². The van der Waals surface area contributed by atoms with Crippen LogP contribution in [0.25, 0.3) is 0 Å². The molecule has 1 aliphatic carbocycles. The van der Waals surface area contributed by atoms with E-state index in [4.69, 9.17) is 0 Å². The van der Waals surface area contributed by atoms with E-state index in [1.54, 1.807) is 0 Å². The Morgan fingerprint density at radius 3 is 2.82 bits per heavy atom. The summed E-state index contributed by atoms with van der Waals surface area (Å²) in [5.41, 5.74) is 0. The summed E-state index contributed by atoms with van der Waals surface area (Å²) >= 11 is 4.08. The van der Waals surface area contributed by atoms with E-state index in [9.17, 15) is 0 Å². The molecule has 1 aromatic rings. The first-order chi connectivity index (χ1) is 8.34. The van der Waals surface area contributed by atoms with Crippen LogP contribution in [0.15, 0.2) is 12.1 Å². The predicted octanol–water partition coefficient (Wildman–Crippen LogP) is 4.21. The van der Waals surface area contributed by atoms with Crippen molar-refractivity contribution in [3.05, 3.63) is 21.9 Å². The van der Waals surface area contributed by atoms with E-state index < -0.39 is 0 Å². The molecule has 1 aromatic heterocycles. The van der Waals surface area contributed by atoms with Gasteiger partial charge in [-0.3, -0.25) is 0 Å². The van der Waals surface area contributed by atoms with Gasteiger partial charge in [-0.15, -0.1) is 11.3 Å². The van der Waals surface area contributed by atoms with E-state index in [0.717, 1.165) is 18.3 Å². The van der Waals surface area contributed by atoms with Crippen LogP contribution in [0.1, 0.15) is 41.9 Å². The molecule has 0 radical (unpaired) electrons. The third-order valence-electron chi connectivity index (χ3n) is 3.28. The third kappa shape index (κ3) is 5.02. The Hall–Kier alpha value is 0.01000. The number of rotatable bonds is 6. The maximum Gasteiger partial charge on any atom is 0.0300 e. The molecule has 0 amide bonds. The predicted molar refractivity (Wildman–Crippen MR) is 80.1 cm³/mol. The molecule has 0 aromatic carbocycles. The van der Waals surface area contributed by atoms with Crippen LogP contribution >= 0.6 is 23.1 Å². The second-order valence-electron chi connectivity index (χ2n) is 4.82. The number of hydrogen-bond acceptors (Lipinski definition) is 3. The monoisotopic (exact) mass is 269 g/mol. The second kappa shape index (κ2) is 7.45. The lowest BCUT2D eigenvalue weighted by Gasteiger charge is -2.20. The summed E-state index contributed by atoms with van der Waals surface area (Å²) in [7, 11) is 0. The fourth-order valence-corrected chi connectivity index (χ4v) is 4.44. The number of aryl methyl sites for hydroxylation is 1. The lowest BCUT2D eigenvalue weighted by atomic mass is 10.0. The van der Waals surface area contributed by atoms with E-state index in [1.807, 2.05) is 11.3 Å². The van der Waals surface area contributed by atoms with Gasteiger partial charge in [0, 0.05) is 33.8 Å². The number of nitrogens with one attached hydrogen (secondary N) is 1. The molecule has 0 saturated heterocycles. The molecule has 0 spiro atoms. The summed E-state index contributed by atoms with van der Waals surface area (Å²) in [5.74, 6) is 1.27. The van der Waals surface area contributed by atoms with Crippen LogP contribution in [0, 0.1) is 6.92 Å². The van der Waals surface area contributed by atoms with Crippen molar-refractivity contribution in [2.24, 2.45) is 0 Å². The Morgan fingerprint density at radius 1 is 1.29 bits per heavy atom. The van der Waals surface area contributed by atoms with Crippen molar-refractivity contribution in [1.82, 2.24) is 5.32 Å². The Bertz CT molecular complexity index is 316. The van der Waals surface area contributed by atoms with E-state index in [0.29, 0.717) is 0 Å². The fourth-order valence-electron chi connectivity index (χ4n) is 2.32. The molecule has 17 heavy (non-hydrogen) atoms. The van der Waals surface area contributed by atoms with Crippen LogP contribution < -0.4 is 5.32 Å². The summed E-state index contributed by atoms with van der Waals surface area (Å²) in [6, 6.07) is 4.44. The average molecular weight is 269 g/mol. The van der Waals surface area contributed by atoms with Crippen molar-refractivity contribution < 1.29 is 0 Å². The molecule has 0 aliphatic heterocycles. The van der Waals surface area contributed by atoms with Gasteiger partial charge < -0.3 is 5.32 Å². The first kappa shape index (κ1) is 13.4. The van der Waals surface area contributed by atoms with Crippen molar-refractivity contribution in [2.45, 2.75) is 50.8 Å². The second-order valence-corrected chi connectivity index (χ2v) is 7.60. The van der Waals surface area contributed by atoms with Crippen molar-refractivity contribution in [3.8, 4) is 0 Å². The highest BCUT2D eigenvalue weighted by atomic mass is 32.2. The van der Waals surface area contributed by atoms with Gasteiger partial charge in [0.2, 0.25) is 0 Å². The standard InChI is InChI=1S/C14H23NS2/c1-12-7-8-14(17-12)11-15-9-10-16-13-5-3-2-4-6-13/h7-8,13,15H,2-6,9-11H2,1H3. The van der Waals surface area contributed by atoms with Crippen LogP contribution in [0.2, 0.25) is 0 Å². The quantitative estimate of drug-likeness (QED) is 0.776. The van der Waals surface area contributed by atoms with Gasteiger partial charge in [-0.05, 0) is 31.9 Å². The zero-order valence-corrected chi connectivity index (χ0v) is 12.3. The van der Waals surface area contributed by atoms with E-state index in [-0.39, 0.29) is 0 Å². The average Bonchev–Trinajstić information content (AvgIpc) is 2.76.